The van der Waals surface area contributed by atoms with Crippen LogP contribution in [0.2, 0.25) is 0 Å². The molecule has 2 heterocycles. The van der Waals surface area contributed by atoms with Crippen molar-refractivity contribution >= 4 is 18.0 Å². The minimum atomic E-state index is -2.19. The number of fused-ring (bicyclic) bond motifs is 2. The van der Waals surface area contributed by atoms with Crippen molar-refractivity contribution in [1.29, 1.82) is 0 Å². The third kappa shape index (κ3) is 5.22. The predicted molar refractivity (Wildman–Crippen MR) is 101 cm³/mol. The van der Waals surface area contributed by atoms with Crippen molar-refractivity contribution in [3.8, 4) is 0 Å². The van der Waals surface area contributed by atoms with Gasteiger partial charge < -0.3 is 29.2 Å². The van der Waals surface area contributed by atoms with Crippen LogP contribution in [0.15, 0.2) is 36.4 Å². The molecular weight excluding hydrogens is 380 g/mol. The predicted octanol–water partition coefficient (Wildman–Crippen LogP) is 1.19. The second-order valence-corrected chi connectivity index (χ2v) is 7.14. The summed E-state index contributed by atoms with van der Waals surface area (Å²) in [7, 11) is 0. The highest BCUT2D eigenvalue weighted by molar-refractivity contribution is 5.87. The van der Waals surface area contributed by atoms with Crippen LogP contribution in [0, 0.1) is 0 Å². The zero-order chi connectivity index (χ0) is 20.9. The first-order valence-electron chi connectivity index (χ1n) is 9.74. The van der Waals surface area contributed by atoms with E-state index >= 15 is 0 Å². The van der Waals surface area contributed by atoms with Crippen LogP contribution in [-0.4, -0.2) is 65.6 Å². The third-order valence-electron chi connectivity index (χ3n) is 4.89. The number of benzene rings is 1. The van der Waals surface area contributed by atoms with Crippen molar-refractivity contribution in [3.05, 3.63) is 42.0 Å². The van der Waals surface area contributed by atoms with Gasteiger partial charge in [-0.2, -0.15) is 0 Å². The van der Waals surface area contributed by atoms with Crippen molar-refractivity contribution in [3.63, 3.8) is 0 Å². The molecule has 2 aliphatic heterocycles. The van der Waals surface area contributed by atoms with E-state index < -0.39 is 42.1 Å². The summed E-state index contributed by atoms with van der Waals surface area (Å²) >= 11 is 0. The zero-order valence-electron chi connectivity index (χ0n) is 16.2. The Hall–Kier alpha value is -2.26. The van der Waals surface area contributed by atoms with Gasteiger partial charge in [-0.1, -0.05) is 43.7 Å². The monoisotopic (exact) mass is 406 g/mol. The molecule has 5 unspecified atom stereocenters. The normalized spacial score (nSPS) is 31.0. The maximum Gasteiger partial charge on any atom is 0.366 e. The lowest BCUT2D eigenvalue weighted by molar-refractivity contribution is -0.272. The summed E-state index contributed by atoms with van der Waals surface area (Å²) in [6.07, 6.45) is 0.484. The first-order chi connectivity index (χ1) is 13.9. The van der Waals surface area contributed by atoms with Gasteiger partial charge in [0.2, 0.25) is 0 Å². The number of esters is 2. The molecule has 2 aliphatic rings. The fourth-order valence-electron chi connectivity index (χ4n) is 3.30. The number of hydrogen-bond acceptors (Lipinski definition) is 8. The SMILES string of the molecule is CCCCOC(=O)C1(O)CC2OC(COC(=O)C=Cc3ccccc3)C(O1)C2O. The number of hydrogen-bond donors (Lipinski definition) is 2. The quantitative estimate of drug-likeness (QED) is 0.376. The Bertz CT molecular complexity index is 733. The molecule has 2 bridgehead atoms. The maximum atomic E-state index is 12.2. The van der Waals surface area contributed by atoms with Gasteiger partial charge in [0.15, 0.2) is 0 Å². The van der Waals surface area contributed by atoms with Crippen molar-refractivity contribution in [2.45, 2.75) is 56.4 Å². The highest BCUT2D eigenvalue weighted by atomic mass is 16.7. The second-order valence-electron chi connectivity index (χ2n) is 7.14. The lowest BCUT2D eigenvalue weighted by Crippen LogP contribution is -2.56. The van der Waals surface area contributed by atoms with Gasteiger partial charge >= 0.3 is 11.9 Å². The van der Waals surface area contributed by atoms with E-state index in [0.29, 0.717) is 6.42 Å². The molecule has 0 aromatic heterocycles. The number of rotatable bonds is 8. The number of carbonyl (C=O) groups excluding carboxylic acids is 2. The van der Waals surface area contributed by atoms with Crippen LogP contribution in [0.25, 0.3) is 6.08 Å². The van der Waals surface area contributed by atoms with Crippen LogP contribution in [0.3, 0.4) is 0 Å². The summed E-state index contributed by atoms with van der Waals surface area (Å²) in [5.41, 5.74) is 0.850. The van der Waals surface area contributed by atoms with Gasteiger partial charge in [-0.25, -0.2) is 9.59 Å². The molecule has 2 N–H and O–H groups in total. The van der Waals surface area contributed by atoms with E-state index in [9.17, 15) is 19.8 Å². The smallest absolute Gasteiger partial charge is 0.366 e. The third-order valence-corrected chi connectivity index (χ3v) is 4.89. The van der Waals surface area contributed by atoms with Gasteiger partial charge in [-0.05, 0) is 18.1 Å². The zero-order valence-corrected chi connectivity index (χ0v) is 16.2. The van der Waals surface area contributed by atoms with Gasteiger partial charge in [0, 0.05) is 12.5 Å². The molecule has 8 heteroatoms. The first kappa shape index (κ1) is 21.4. The van der Waals surface area contributed by atoms with Crippen molar-refractivity contribution in [2.75, 3.05) is 13.2 Å². The Morgan fingerprint density at radius 2 is 2.03 bits per heavy atom. The molecule has 0 spiro atoms. The molecule has 1 aromatic rings. The minimum Gasteiger partial charge on any atom is -0.462 e. The summed E-state index contributed by atoms with van der Waals surface area (Å²) in [4.78, 5) is 24.1. The molecule has 1 aromatic carbocycles. The van der Waals surface area contributed by atoms with Crippen LogP contribution < -0.4 is 0 Å². The molecule has 0 amide bonds. The number of ether oxygens (including phenoxy) is 4. The largest absolute Gasteiger partial charge is 0.462 e. The van der Waals surface area contributed by atoms with E-state index in [4.69, 9.17) is 18.9 Å². The molecule has 5 atom stereocenters. The fraction of sp³-hybridized carbons (Fsp3) is 0.524. The molecule has 0 aliphatic carbocycles. The average molecular weight is 406 g/mol. The van der Waals surface area contributed by atoms with E-state index in [1.54, 1.807) is 6.08 Å². The van der Waals surface area contributed by atoms with Gasteiger partial charge in [-0.3, -0.25) is 0 Å². The van der Waals surface area contributed by atoms with E-state index in [1.165, 1.54) is 6.08 Å². The summed E-state index contributed by atoms with van der Waals surface area (Å²) < 4.78 is 21.3. The minimum absolute atomic E-state index is 0.175. The lowest BCUT2D eigenvalue weighted by Gasteiger charge is -2.36. The molecule has 2 fully saturated rings. The van der Waals surface area contributed by atoms with Gasteiger partial charge in [0.05, 0.1) is 12.7 Å². The van der Waals surface area contributed by atoms with E-state index in [1.807, 2.05) is 37.3 Å². The molecular formula is C21H26O8. The highest BCUT2D eigenvalue weighted by Crippen LogP contribution is 2.38. The van der Waals surface area contributed by atoms with E-state index in [2.05, 4.69) is 0 Å². The summed E-state index contributed by atoms with van der Waals surface area (Å²) in [6, 6.07) is 9.27. The first-order valence-corrected chi connectivity index (χ1v) is 9.74. The number of unbranched alkanes of at least 4 members (excludes halogenated alkanes) is 1. The maximum absolute atomic E-state index is 12.2. The summed E-state index contributed by atoms with van der Waals surface area (Å²) in [5.74, 6) is -3.67. The summed E-state index contributed by atoms with van der Waals surface area (Å²) in [5, 5.41) is 20.8. The average Bonchev–Trinajstić information content (AvgIpc) is 2.90. The van der Waals surface area contributed by atoms with Crippen molar-refractivity contribution < 1.29 is 38.7 Å². The fourth-order valence-corrected chi connectivity index (χ4v) is 3.30. The van der Waals surface area contributed by atoms with E-state index in [-0.39, 0.29) is 19.6 Å². The topological polar surface area (TPSA) is 112 Å². The van der Waals surface area contributed by atoms with Crippen LogP contribution in [0.4, 0.5) is 0 Å². The Labute approximate surface area is 169 Å². The molecule has 2 saturated heterocycles. The second kappa shape index (κ2) is 9.49. The van der Waals surface area contributed by atoms with Gasteiger partial charge in [0.1, 0.15) is 24.9 Å². The molecule has 0 saturated carbocycles. The van der Waals surface area contributed by atoms with Crippen molar-refractivity contribution in [1.82, 2.24) is 0 Å². The van der Waals surface area contributed by atoms with Gasteiger partial charge in [-0.15, -0.1) is 0 Å². The summed E-state index contributed by atoms with van der Waals surface area (Å²) in [6.45, 7) is 1.94. The number of aliphatic hydroxyl groups excluding tert-OH is 1. The van der Waals surface area contributed by atoms with E-state index in [0.717, 1.165) is 12.0 Å². The molecule has 158 valence electrons. The lowest BCUT2D eigenvalue weighted by atomic mass is 9.96. The highest BCUT2D eigenvalue weighted by Gasteiger charge is 2.59. The molecule has 0 radical (unpaired) electrons. The Morgan fingerprint density at radius 3 is 2.76 bits per heavy atom. The number of carbonyl (C=O) groups is 2. The van der Waals surface area contributed by atoms with Crippen LogP contribution >= 0.6 is 0 Å². The molecule has 8 nitrogen and oxygen atoms in total. The van der Waals surface area contributed by atoms with Crippen LogP contribution in [0.5, 0.6) is 0 Å². The molecule has 29 heavy (non-hydrogen) atoms. The van der Waals surface area contributed by atoms with Crippen LogP contribution in [-0.2, 0) is 28.5 Å². The Morgan fingerprint density at radius 1 is 1.28 bits per heavy atom. The standard InChI is InChI=1S/C21H26O8/c1-2-3-11-26-20(24)21(25)12-15-18(23)19(29-21)16(28-15)13-27-17(22)10-9-14-7-5-4-6-8-14/h4-10,15-16,18-19,23,25H,2-3,11-13H2,1H3. The Balaban J connectivity index is 1.54. The molecule has 3 rings (SSSR count). The van der Waals surface area contributed by atoms with Crippen LogP contribution in [0.1, 0.15) is 31.7 Å². The van der Waals surface area contributed by atoms with Crippen molar-refractivity contribution in [2.24, 2.45) is 0 Å². The Kier molecular flexibility index (Phi) is 7.02. The van der Waals surface area contributed by atoms with Gasteiger partial charge in [0.25, 0.3) is 5.79 Å². The number of aliphatic hydroxyl groups is 2.